The molecule has 0 heterocycles. The summed E-state index contributed by atoms with van der Waals surface area (Å²) in [6.45, 7) is 3.00. The molecule has 2 nitrogen and oxygen atoms in total. The van der Waals surface area contributed by atoms with Crippen LogP contribution >= 0.6 is 11.8 Å². The van der Waals surface area contributed by atoms with Gasteiger partial charge in [0, 0.05) is 18.3 Å². The Hall–Kier alpha value is -0.240. The second-order valence-corrected chi connectivity index (χ2v) is 3.10. The summed E-state index contributed by atoms with van der Waals surface area (Å²) in [5.41, 5.74) is 0. The van der Waals surface area contributed by atoms with Crippen LogP contribution in [0.15, 0.2) is 0 Å². The highest BCUT2D eigenvalue weighted by Crippen LogP contribution is 2.03. The lowest BCUT2D eigenvalue weighted by Gasteiger charge is -2.07. The van der Waals surface area contributed by atoms with Gasteiger partial charge in [-0.15, -0.1) is 0 Å². The SMILES string of the molecule is CCCCCCCN(Cl)C=N. The molecule has 66 valence electrons. The molecular weight excluding hydrogens is 160 g/mol. The summed E-state index contributed by atoms with van der Waals surface area (Å²) >= 11 is 5.57. The van der Waals surface area contributed by atoms with E-state index >= 15 is 0 Å². The predicted molar refractivity (Wildman–Crippen MR) is 50.1 cm³/mol. The summed E-state index contributed by atoms with van der Waals surface area (Å²) in [5.74, 6) is 0. The van der Waals surface area contributed by atoms with Crippen LogP contribution in [0.4, 0.5) is 0 Å². The zero-order valence-corrected chi connectivity index (χ0v) is 7.90. The predicted octanol–water partition coefficient (Wildman–Crippen LogP) is 3.02. The van der Waals surface area contributed by atoms with Crippen molar-refractivity contribution < 1.29 is 0 Å². The van der Waals surface area contributed by atoms with Gasteiger partial charge in [0.2, 0.25) is 0 Å². The molecule has 0 saturated heterocycles. The summed E-state index contributed by atoms with van der Waals surface area (Å²) in [5, 5.41) is 6.79. The van der Waals surface area contributed by atoms with E-state index in [4.69, 9.17) is 17.2 Å². The number of rotatable bonds is 7. The lowest BCUT2D eigenvalue weighted by molar-refractivity contribution is 0.562. The van der Waals surface area contributed by atoms with Crippen LogP contribution < -0.4 is 0 Å². The van der Waals surface area contributed by atoms with Crippen molar-refractivity contribution in [2.24, 2.45) is 0 Å². The van der Waals surface area contributed by atoms with Crippen molar-refractivity contribution in [2.45, 2.75) is 39.0 Å². The third-order valence-corrected chi connectivity index (χ3v) is 1.88. The molecule has 0 aromatic heterocycles. The van der Waals surface area contributed by atoms with E-state index in [-0.39, 0.29) is 0 Å². The molecule has 11 heavy (non-hydrogen) atoms. The highest BCUT2D eigenvalue weighted by atomic mass is 35.5. The fourth-order valence-corrected chi connectivity index (χ4v) is 1.05. The lowest BCUT2D eigenvalue weighted by Crippen LogP contribution is -2.09. The van der Waals surface area contributed by atoms with Crippen molar-refractivity contribution in [3.63, 3.8) is 0 Å². The Kier molecular flexibility index (Phi) is 7.69. The monoisotopic (exact) mass is 176 g/mol. The molecule has 0 aliphatic carbocycles. The van der Waals surface area contributed by atoms with Crippen LogP contribution in [0.1, 0.15) is 39.0 Å². The van der Waals surface area contributed by atoms with Gasteiger partial charge in [-0.25, -0.2) is 0 Å². The largest absolute Gasteiger partial charge is 0.290 e. The summed E-state index contributed by atoms with van der Waals surface area (Å²) < 4.78 is 1.39. The van der Waals surface area contributed by atoms with E-state index in [1.54, 1.807) is 0 Å². The molecule has 0 amide bonds. The van der Waals surface area contributed by atoms with Crippen molar-refractivity contribution in [2.75, 3.05) is 6.54 Å². The fraction of sp³-hybridized carbons (Fsp3) is 0.875. The normalized spacial score (nSPS) is 9.64. The standard InChI is InChI=1S/C8H17ClN2/c1-2-3-4-5-6-7-11(9)8-10/h8,10H,2-7H2,1H3. The summed E-state index contributed by atoms with van der Waals surface area (Å²) in [6.07, 6.45) is 7.35. The van der Waals surface area contributed by atoms with Crippen molar-refractivity contribution >= 4 is 18.1 Å². The first-order valence-electron chi connectivity index (χ1n) is 4.24. The Labute approximate surface area is 74.2 Å². The molecular formula is C8H17ClN2. The Balaban J connectivity index is 2.95. The quantitative estimate of drug-likeness (QED) is 0.275. The van der Waals surface area contributed by atoms with Gasteiger partial charge in [-0.1, -0.05) is 32.6 Å². The number of halogens is 1. The van der Waals surface area contributed by atoms with Gasteiger partial charge in [-0.2, -0.15) is 0 Å². The van der Waals surface area contributed by atoms with Gasteiger partial charge in [0.15, 0.2) is 0 Å². The van der Waals surface area contributed by atoms with Crippen LogP contribution in [0.5, 0.6) is 0 Å². The van der Waals surface area contributed by atoms with Gasteiger partial charge in [-0.05, 0) is 6.42 Å². The number of nitrogens with one attached hydrogen (secondary N) is 1. The zero-order chi connectivity index (χ0) is 8.53. The van der Waals surface area contributed by atoms with Crippen LogP contribution in [-0.2, 0) is 0 Å². The van der Waals surface area contributed by atoms with Gasteiger partial charge in [0.25, 0.3) is 0 Å². The van der Waals surface area contributed by atoms with Crippen LogP contribution in [0.25, 0.3) is 0 Å². The fourth-order valence-electron chi connectivity index (χ4n) is 0.931. The second kappa shape index (κ2) is 7.86. The Bertz CT molecular complexity index is 96.1. The maximum absolute atomic E-state index is 6.79. The minimum Gasteiger partial charge on any atom is -0.290 e. The molecule has 0 rings (SSSR count). The second-order valence-electron chi connectivity index (χ2n) is 2.67. The number of nitrogens with zero attached hydrogens (tertiary/aromatic N) is 1. The first kappa shape index (κ1) is 10.8. The summed E-state index contributed by atoms with van der Waals surface area (Å²) in [4.78, 5) is 0. The molecule has 0 aromatic rings. The Morgan fingerprint density at radius 2 is 1.91 bits per heavy atom. The van der Waals surface area contributed by atoms with Crippen LogP contribution in [0, 0.1) is 5.41 Å². The molecule has 3 heteroatoms. The smallest absolute Gasteiger partial charge is 0.0964 e. The zero-order valence-electron chi connectivity index (χ0n) is 7.15. The van der Waals surface area contributed by atoms with Gasteiger partial charge in [0.05, 0.1) is 6.34 Å². The maximum atomic E-state index is 6.79. The topological polar surface area (TPSA) is 27.1 Å². The van der Waals surface area contributed by atoms with E-state index in [0.717, 1.165) is 19.3 Å². The Morgan fingerprint density at radius 1 is 1.27 bits per heavy atom. The van der Waals surface area contributed by atoms with E-state index in [0.29, 0.717) is 0 Å². The van der Waals surface area contributed by atoms with Gasteiger partial charge in [-0.3, -0.25) is 9.83 Å². The molecule has 0 atom stereocenters. The summed E-state index contributed by atoms with van der Waals surface area (Å²) in [6, 6.07) is 0. The molecule has 0 saturated carbocycles. The van der Waals surface area contributed by atoms with Gasteiger partial charge < -0.3 is 0 Å². The van der Waals surface area contributed by atoms with E-state index in [1.165, 1.54) is 30.1 Å². The summed E-state index contributed by atoms with van der Waals surface area (Å²) in [7, 11) is 0. The molecule has 0 bridgehead atoms. The lowest BCUT2D eigenvalue weighted by atomic mass is 10.1. The molecule has 0 aliphatic heterocycles. The van der Waals surface area contributed by atoms with Crippen molar-refractivity contribution in [3.8, 4) is 0 Å². The maximum Gasteiger partial charge on any atom is 0.0964 e. The molecule has 0 spiro atoms. The first-order valence-corrected chi connectivity index (χ1v) is 4.58. The average Bonchev–Trinajstić information content (AvgIpc) is 2.04. The molecule has 0 fully saturated rings. The third-order valence-electron chi connectivity index (χ3n) is 1.62. The van der Waals surface area contributed by atoms with Crippen molar-refractivity contribution in [1.29, 1.82) is 5.41 Å². The number of hydrogen-bond acceptors (Lipinski definition) is 1. The van der Waals surface area contributed by atoms with Gasteiger partial charge in [0.1, 0.15) is 0 Å². The van der Waals surface area contributed by atoms with E-state index in [2.05, 4.69) is 6.92 Å². The van der Waals surface area contributed by atoms with Crippen LogP contribution in [-0.4, -0.2) is 17.3 Å². The molecule has 1 N–H and O–H groups in total. The molecule has 0 radical (unpaired) electrons. The minimum atomic E-state index is 0.800. The molecule has 0 unspecified atom stereocenters. The molecule has 0 aromatic carbocycles. The van der Waals surface area contributed by atoms with E-state index in [9.17, 15) is 0 Å². The minimum absolute atomic E-state index is 0.800. The van der Waals surface area contributed by atoms with E-state index in [1.807, 2.05) is 0 Å². The average molecular weight is 177 g/mol. The number of hydrogen-bond donors (Lipinski definition) is 1. The van der Waals surface area contributed by atoms with Crippen LogP contribution in [0.2, 0.25) is 0 Å². The number of unbranched alkanes of at least 4 members (excludes halogenated alkanes) is 4. The third kappa shape index (κ3) is 7.66. The van der Waals surface area contributed by atoms with Crippen LogP contribution in [0.3, 0.4) is 0 Å². The van der Waals surface area contributed by atoms with Gasteiger partial charge >= 0.3 is 0 Å². The highest BCUT2D eigenvalue weighted by molar-refractivity contribution is 6.18. The van der Waals surface area contributed by atoms with Crippen molar-refractivity contribution in [3.05, 3.63) is 0 Å². The van der Waals surface area contributed by atoms with E-state index < -0.39 is 0 Å². The first-order chi connectivity index (χ1) is 5.31. The molecule has 0 aliphatic rings. The highest BCUT2D eigenvalue weighted by Gasteiger charge is 1.93. The van der Waals surface area contributed by atoms with Crippen molar-refractivity contribution in [1.82, 2.24) is 4.42 Å². The Morgan fingerprint density at radius 3 is 2.45 bits per heavy atom.